The van der Waals surface area contributed by atoms with Crippen LogP contribution in [0.15, 0.2) is 40.9 Å². The molecule has 0 amide bonds. The molecule has 1 aliphatic heterocycles. The Morgan fingerprint density at radius 3 is 2.74 bits per heavy atom. The predicted octanol–water partition coefficient (Wildman–Crippen LogP) is 3.69. The molecule has 1 N–H and O–H groups in total. The fourth-order valence-electron chi connectivity index (χ4n) is 3.50. The number of rotatable bonds is 5. The van der Waals surface area contributed by atoms with E-state index in [1.165, 1.54) is 5.56 Å². The zero-order valence-electron chi connectivity index (χ0n) is 14.5. The third kappa shape index (κ3) is 3.82. The van der Waals surface area contributed by atoms with E-state index in [2.05, 4.69) is 66.3 Å². The summed E-state index contributed by atoms with van der Waals surface area (Å²) in [5.74, 6) is 1.65. The van der Waals surface area contributed by atoms with Crippen LogP contribution in [0.2, 0.25) is 0 Å². The van der Waals surface area contributed by atoms with Crippen molar-refractivity contribution in [3.05, 3.63) is 53.7 Å². The number of aryl methyl sites for hydroxylation is 1. The van der Waals surface area contributed by atoms with Gasteiger partial charge in [0.1, 0.15) is 5.76 Å². The molecule has 2 aromatic rings. The van der Waals surface area contributed by atoms with Crippen LogP contribution in [0.5, 0.6) is 0 Å². The maximum atomic E-state index is 5.64. The number of likely N-dealkylation sites (tertiary alicyclic amines) is 1. The highest BCUT2D eigenvalue weighted by Gasteiger charge is 2.38. The molecule has 1 aliphatic rings. The molecular formula is C19H27N3O. The second kappa shape index (κ2) is 6.46. The SMILES string of the molecule is Cc1cnc([C@H](C)N[C@@H]2CN(Cc3ccccc3)C(C)(C)C2)o1. The first-order chi connectivity index (χ1) is 10.9. The van der Waals surface area contributed by atoms with Crippen molar-refractivity contribution >= 4 is 0 Å². The van der Waals surface area contributed by atoms with Gasteiger partial charge in [-0.15, -0.1) is 0 Å². The lowest BCUT2D eigenvalue weighted by Crippen LogP contribution is -2.37. The normalized spacial score (nSPS) is 22.3. The molecule has 2 atom stereocenters. The Balaban J connectivity index is 1.62. The van der Waals surface area contributed by atoms with E-state index in [0.717, 1.165) is 31.2 Å². The van der Waals surface area contributed by atoms with E-state index in [1.807, 2.05) is 6.92 Å². The summed E-state index contributed by atoms with van der Waals surface area (Å²) in [6, 6.07) is 11.3. The minimum atomic E-state index is 0.140. The van der Waals surface area contributed by atoms with Crippen molar-refractivity contribution in [3.63, 3.8) is 0 Å². The average molecular weight is 313 g/mol. The number of benzene rings is 1. The maximum absolute atomic E-state index is 5.64. The molecule has 0 radical (unpaired) electrons. The Labute approximate surface area is 138 Å². The van der Waals surface area contributed by atoms with E-state index in [4.69, 9.17) is 4.42 Å². The third-order valence-electron chi connectivity index (χ3n) is 4.75. The van der Waals surface area contributed by atoms with Gasteiger partial charge in [-0.25, -0.2) is 4.98 Å². The minimum absolute atomic E-state index is 0.140. The molecule has 4 heteroatoms. The van der Waals surface area contributed by atoms with Crippen molar-refractivity contribution in [3.8, 4) is 0 Å². The molecule has 0 unspecified atom stereocenters. The Bertz CT molecular complexity index is 635. The molecule has 1 fully saturated rings. The molecular weight excluding hydrogens is 286 g/mol. The first-order valence-electron chi connectivity index (χ1n) is 8.41. The van der Waals surface area contributed by atoms with Crippen LogP contribution < -0.4 is 5.32 Å². The highest BCUT2D eigenvalue weighted by Crippen LogP contribution is 2.31. The quantitative estimate of drug-likeness (QED) is 0.914. The van der Waals surface area contributed by atoms with Gasteiger partial charge in [0.25, 0.3) is 0 Å². The van der Waals surface area contributed by atoms with Crippen molar-refractivity contribution in [2.45, 2.75) is 58.3 Å². The van der Waals surface area contributed by atoms with Crippen LogP contribution in [0.4, 0.5) is 0 Å². The summed E-state index contributed by atoms with van der Waals surface area (Å²) >= 11 is 0. The number of nitrogens with zero attached hydrogens (tertiary/aromatic N) is 2. The fraction of sp³-hybridized carbons (Fsp3) is 0.526. The van der Waals surface area contributed by atoms with Gasteiger partial charge in [0.05, 0.1) is 12.2 Å². The van der Waals surface area contributed by atoms with Gasteiger partial charge in [0.2, 0.25) is 5.89 Å². The maximum Gasteiger partial charge on any atom is 0.211 e. The lowest BCUT2D eigenvalue weighted by Gasteiger charge is -2.31. The van der Waals surface area contributed by atoms with Crippen molar-refractivity contribution in [1.82, 2.24) is 15.2 Å². The molecule has 23 heavy (non-hydrogen) atoms. The topological polar surface area (TPSA) is 41.3 Å². The van der Waals surface area contributed by atoms with Crippen molar-refractivity contribution in [2.24, 2.45) is 0 Å². The number of nitrogens with one attached hydrogen (secondary N) is 1. The summed E-state index contributed by atoms with van der Waals surface area (Å²) < 4.78 is 5.64. The van der Waals surface area contributed by atoms with Crippen LogP contribution in [-0.2, 0) is 6.54 Å². The summed E-state index contributed by atoms with van der Waals surface area (Å²) in [4.78, 5) is 6.90. The van der Waals surface area contributed by atoms with Crippen LogP contribution in [0.25, 0.3) is 0 Å². The van der Waals surface area contributed by atoms with Crippen molar-refractivity contribution < 1.29 is 4.42 Å². The van der Waals surface area contributed by atoms with E-state index in [9.17, 15) is 0 Å². The van der Waals surface area contributed by atoms with Crippen LogP contribution >= 0.6 is 0 Å². The van der Waals surface area contributed by atoms with Gasteiger partial charge in [-0.1, -0.05) is 30.3 Å². The second-order valence-corrected chi connectivity index (χ2v) is 7.28. The Morgan fingerprint density at radius 2 is 2.09 bits per heavy atom. The summed E-state index contributed by atoms with van der Waals surface area (Å²) in [6.07, 6.45) is 2.91. The molecule has 1 aromatic carbocycles. The van der Waals surface area contributed by atoms with E-state index in [1.54, 1.807) is 6.20 Å². The zero-order chi connectivity index (χ0) is 16.4. The summed E-state index contributed by atoms with van der Waals surface area (Å²) in [6.45, 7) is 10.8. The summed E-state index contributed by atoms with van der Waals surface area (Å²) in [5.41, 5.74) is 1.57. The number of oxazole rings is 1. The molecule has 124 valence electrons. The molecule has 3 rings (SSSR count). The van der Waals surface area contributed by atoms with Gasteiger partial charge in [0.15, 0.2) is 0 Å². The third-order valence-corrected chi connectivity index (χ3v) is 4.75. The minimum Gasteiger partial charge on any atom is -0.444 e. The van der Waals surface area contributed by atoms with E-state index >= 15 is 0 Å². The van der Waals surface area contributed by atoms with Gasteiger partial charge in [-0.3, -0.25) is 4.90 Å². The molecule has 0 aliphatic carbocycles. The summed E-state index contributed by atoms with van der Waals surface area (Å²) in [7, 11) is 0. The first-order valence-corrected chi connectivity index (χ1v) is 8.41. The van der Waals surface area contributed by atoms with Crippen LogP contribution in [0.3, 0.4) is 0 Å². The molecule has 4 nitrogen and oxygen atoms in total. The number of aromatic nitrogens is 1. The van der Waals surface area contributed by atoms with Crippen LogP contribution in [0, 0.1) is 6.92 Å². The fourth-order valence-corrected chi connectivity index (χ4v) is 3.50. The molecule has 0 bridgehead atoms. The largest absolute Gasteiger partial charge is 0.444 e. The molecule has 0 saturated carbocycles. The molecule has 2 heterocycles. The van der Waals surface area contributed by atoms with Crippen molar-refractivity contribution in [2.75, 3.05) is 6.54 Å². The van der Waals surface area contributed by atoms with E-state index in [0.29, 0.717) is 6.04 Å². The van der Waals surface area contributed by atoms with Crippen LogP contribution in [0.1, 0.15) is 50.4 Å². The average Bonchev–Trinajstić information content (AvgIpc) is 3.04. The van der Waals surface area contributed by atoms with Gasteiger partial charge in [-0.05, 0) is 39.7 Å². The number of hydrogen-bond acceptors (Lipinski definition) is 4. The second-order valence-electron chi connectivity index (χ2n) is 7.28. The number of hydrogen-bond donors (Lipinski definition) is 1. The Kier molecular flexibility index (Phi) is 4.55. The van der Waals surface area contributed by atoms with Crippen LogP contribution in [-0.4, -0.2) is 28.0 Å². The Hall–Kier alpha value is -1.65. The molecule has 1 saturated heterocycles. The monoisotopic (exact) mass is 313 g/mol. The first kappa shape index (κ1) is 16.2. The standard InChI is InChI=1S/C19H27N3O/c1-14-11-20-18(23-14)15(2)21-17-10-19(3,4)22(13-17)12-16-8-6-5-7-9-16/h5-9,11,15,17,21H,10,12-13H2,1-4H3/t15-,17-/m0/s1. The van der Waals surface area contributed by atoms with Gasteiger partial charge < -0.3 is 9.73 Å². The lowest BCUT2D eigenvalue weighted by molar-refractivity contribution is 0.166. The van der Waals surface area contributed by atoms with Gasteiger partial charge >= 0.3 is 0 Å². The van der Waals surface area contributed by atoms with Gasteiger partial charge in [0, 0.05) is 24.7 Å². The summed E-state index contributed by atoms with van der Waals surface area (Å²) in [5, 5.41) is 3.68. The smallest absolute Gasteiger partial charge is 0.211 e. The molecule has 0 spiro atoms. The van der Waals surface area contributed by atoms with E-state index in [-0.39, 0.29) is 11.6 Å². The lowest BCUT2D eigenvalue weighted by atomic mass is 9.99. The molecule has 1 aromatic heterocycles. The Morgan fingerprint density at radius 1 is 1.35 bits per heavy atom. The zero-order valence-corrected chi connectivity index (χ0v) is 14.5. The van der Waals surface area contributed by atoms with E-state index < -0.39 is 0 Å². The highest BCUT2D eigenvalue weighted by atomic mass is 16.4. The predicted molar refractivity (Wildman–Crippen MR) is 92.1 cm³/mol. The highest BCUT2D eigenvalue weighted by molar-refractivity contribution is 5.15. The van der Waals surface area contributed by atoms with Gasteiger partial charge in [-0.2, -0.15) is 0 Å². The van der Waals surface area contributed by atoms with Crippen molar-refractivity contribution in [1.29, 1.82) is 0 Å².